The predicted octanol–water partition coefficient (Wildman–Crippen LogP) is 2.08. The second-order valence-electron chi connectivity index (χ2n) is 7.80. The molecule has 0 aliphatic rings. The minimum Gasteiger partial charge on any atom is -0.383 e. The molecule has 0 radical (unpaired) electrons. The molecule has 0 fully saturated rings. The first-order valence-corrected chi connectivity index (χ1v) is 14.4. The summed E-state index contributed by atoms with van der Waals surface area (Å²) in [5.74, 6) is -0.477. The number of ether oxygens (including phenoxy) is 2. The Bertz CT molecular complexity index is 1410. The molecule has 3 aromatic rings. The van der Waals surface area contributed by atoms with Gasteiger partial charge in [-0.25, -0.2) is 26.1 Å². The van der Waals surface area contributed by atoms with Gasteiger partial charge in [0.25, 0.3) is 5.91 Å². The van der Waals surface area contributed by atoms with E-state index in [-0.39, 0.29) is 46.8 Å². The summed E-state index contributed by atoms with van der Waals surface area (Å²) in [5.41, 5.74) is 0.783. The van der Waals surface area contributed by atoms with Crippen molar-refractivity contribution in [1.29, 1.82) is 0 Å². The molecule has 1 N–H and O–H groups in total. The van der Waals surface area contributed by atoms with Crippen LogP contribution in [-0.2, 0) is 29.5 Å². The third-order valence-corrected chi connectivity index (χ3v) is 9.86. The average molecular weight is 557 g/mol. The molecule has 0 bridgehead atoms. The van der Waals surface area contributed by atoms with Crippen molar-refractivity contribution in [3.63, 3.8) is 0 Å². The first-order valence-electron chi connectivity index (χ1n) is 10.7. The van der Waals surface area contributed by atoms with Crippen molar-refractivity contribution in [3.8, 4) is 0 Å². The van der Waals surface area contributed by atoms with Gasteiger partial charge in [0.15, 0.2) is 5.13 Å². The first kappa shape index (κ1) is 28.1. The summed E-state index contributed by atoms with van der Waals surface area (Å²) in [6, 6.07) is 10.1. The molecule has 1 heterocycles. The number of nitrogens with zero attached hydrogens (tertiary/aromatic N) is 3. The number of amides is 1. The third kappa shape index (κ3) is 6.26. The van der Waals surface area contributed by atoms with Gasteiger partial charge in [-0.1, -0.05) is 11.3 Å². The van der Waals surface area contributed by atoms with Crippen LogP contribution in [0.5, 0.6) is 0 Å². The Hall–Kier alpha value is -2.46. The number of thiazole rings is 1. The fourth-order valence-electron chi connectivity index (χ4n) is 3.16. The van der Waals surface area contributed by atoms with Crippen LogP contribution in [0.4, 0.5) is 5.13 Å². The van der Waals surface area contributed by atoms with Gasteiger partial charge in [-0.15, -0.1) is 0 Å². The van der Waals surface area contributed by atoms with Crippen molar-refractivity contribution in [2.45, 2.75) is 9.79 Å². The zero-order chi connectivity index (χ0) is 26.5. The molecule has 1 amide bonds. The van der Waals surface area contributed by atoms with E-state index in [0.29, 0.717) is 10.2 Å². The number of carbonyl (C=O) groups is 1. The molecule has 0 aliphatic carbocycles. The second-order valence-corrected chi connectivity index (χ2v) is 12.9. The van der Waals surface area contributed by atoms with Crippen LogP contribution in [0, 0.1) is 0 Å². The maximum Gasteiger partial charge on any atom is 0.257 e. The minimum atomic E-state index is -3.81. The topological polar surface area (TPSA) is 135 Å². The van der Waals surface area contributed by atoms with Crippen molar-refractivity contribution in [1.82, 2.24) is 13.6 Å². The Morgan fingerprint density at radius 2 is 1.50 bits per heavy atom. The summed E-state index contributed by atoms with van der Waals surface area (Å²) in [5, 5.41) is 2.97. The van der Waals surface area contributed by atoms with E-state index in [0.717, 1.165) is 15.6 Å². The van der Waals surface area contributed by atoms with Crippen molar-refractivity contribution in [2.75, 3.05) is 59.9 Å². The fraction of sp³-hybridized carbons (Fsp3) is 0.364. The Balaban J connectivity index is 1.77. The highest BCUT2D eigenvalue weighted by Gasteiger charge is 2.24. The van der Waals surface area contributed by atoms with E-state index in [1.54, 1.807) is 6.07 Å². The number of rotatable bonds is 12. The van der Waals surface area contributed by atoms with Crippen molar-refractivity contribution in [3.05, 3.63) is 48.0 Å². The van der Waals surface area contributed by atoms with Gasteiger partial charge in [-0.3, -0.25) is 10.1 Å². The standard InChI is InChI=1S/C22H28N4O7S3/c1-25(2)35(28,29)18-9-10-19-20(15-18)34-22(23-19)24-21(27)16-5-7-17(8-6-16)36(30,31)26(11-13-32-3)12-14-33-4/h5-10,15H,11-14H2,1-4H3,(H,23,24,27). The fourth-order valence-corrected chi connectivity index (χ4v) is 6.48. The van der Waals surface area contributed by atoms with Crippen molar-refractivity contribution in [2.24, 2.45) is 0 Å². The van der Waals surface area contributed by atoms with Gasteiger partial charge in [0.1, 0.15) is 0 Å². The lowest BCUT2D eigenvalue weighted by Gasteiger charge is -2.21. The molecule has 1 aromatic heterocycles. The lowest BCUT2D eigenvalue weighted by Crippen LogP contribution is -2.36. The number of anilines is 1. The van der Waals surface area contributed by atoms with Gasteiger partial charge in [0.2, 0.25) is 20.0 Å². The monoisotopic (exact) mass is 556 g/mol. The molecule has 196 valence electrons. The Kier molecular flexibility index (Phi) is 9.16. The Morgan fingerprint density at radius 1 is 0.917 bits per heavy atom. The molecule has 0 atom stereocenters. The number of carbonyl (C=O) groups excluding carboxylic acids is 1. The molecule has 0 unspecified atom stereocenters. The zero-order valence-corrected chi connectivity index (χ0v) is 22.7. The molecule has 0 saturated heterocycles. The number of aromatic nitrogens is 1. The number of hydrogen-bond donors (Lipinski definition) is 1. The summed E-state index contributed by atoms with van der Waals surface area (Å²) in [4.78, 5) is 17.2. The average Bonchev–Trinajstić information content (AvgIpc) is 3.25. The number of benzene rings is 2. The SMILES string of the molecule is COCCN(CCOC)S(=O)(=O)c1ccc(C(=O)Nc2nc3ccc(S(=O)(=O)N(C)C)cc3s2)cc1. The molecule has 0 spiro atoms. The second kappa shape index (κ2) is 11.7. The van der Waals surface area contributed by atoms with Crippen molar-refractivity contribution >= 4 is 52.6 Å². The Labute approximate surface area is 214 Å². The van der Waals surface area contributed by atoms with Gasteiger partial charge in [0.05, 0.1) is 33.2 Å². The van der Waals surface area contributed by atoms with Crippen LogP contribution in [0.1, 0.15) is 10.4 Å². The lowest BCUT2D eigenvalue weighted by molar-refractivity contribution is 0.102. The molecule has 2 aromatic carbocycles. The van der Waals surface area contributed by atoms with E-state index in [2.05, 4.69) is 10.3 Å². The number of sulfonamides is 2. The lowest BCUT2D eigenvalue weighted by atomic mass is 10.2. The van der Waals surface area contributed by atoms with E-state index in [1.807, 2.05) is 0 Å². The smallest absolute Gasteiger partial charge is 0.257 e. The van der Waals surface area contributed by atoms with Gasteiger partial charge in [-0.05, 0) is 42.5 Å². The quantitative estimate of drug-likeness (QED) is 0.358. The molecular formula is C22H28N4O7S3. The summed E-state index contributed by atoms with van der Waals surface area (Å²) >= 11 is 1.14. The highest BCUT2D eigenvalue weighted by molar-refractivity contribution is 7.89. The van der Waals surface area contributed by atoms with E-state index in [4.69, 9.17) is 9.47 Å². The van der Waals surface area contributed by atoms with Gasteiger partial charge in [-0.2, -0.15) is 4.31 Å². The third-order valence-electron chi connectivity index (χ3n) is 5.20. The van der Waals surface area contributed by atoms with E-state index < -0.39 is 26.0 Å². The van der Waals surface area contributed by atoms with E-state index in [9.17, 15) is 21.6 Å². The number of methoxy groups -OCH3 is 2. The number of hydrogen-bond acceptors (Lipinski definition) is 9. The summed E-state index contributed by atoms with van der Waals surface area (Å²) in [7, 11) is -1.53. The van der Waals surface area contributed by atoms with Crippen LogP contribution in [0.3, 0.4) is 0 Å². The summed E-state index contributed by atoms with van der Waals surface area (Å²) < 4.78 is 63.8. The molecule has 14 heteroatoms. The number of nitrogens with one attached hydrogen (secondary N) is 1. The number of fused-ring (bicyclic) bond motifs is 1. The van der Waals surface area contributed by atoms with E-state index >= 15 is 0 Å². The predicted molar refractivity (Wildman–Crippen MR) is 137 cm³/mol. The molecule has 0 aliphatic heterocycles. The van der Waals surface area contributed by atoms with Crippen LogP contribution in [0.2, 0.25) is 0 Å². The van der Waals surface area contributed by atoms with Gasteiger partial charge < -0.3 is 9.47 Å². The maximum absolute atomic E-state index is 13.0. The van der Waals surface area contributed by atoms with Crippen LogP contribution in [0.15, 0.2) is 52.3 Å². The highest BCUT2D eigenvalue weighted by Crippen LogP contribution is 2.29. The van der Waals surface area contributed by atoms with Gasteiger partial charge in [0, 0.05) is 47.0 Å². The van der Waals surface area contributed by atoms with Crippen LogP contribution >= 0.6 is 11.3 Å². The molecule has 11 nitrogen and oxygen atoms in total. The van der Waals surface area contributed by atoms with Crippen molar-refractivity contribution < 1.29 is 31.1 Å². The molecule has 3 rings (SSSR count). The van der Waals surface area contributed by atoms with E-state index in [1.165, 1.54) is 69.0 Å². The summed E-state index contributed by atoms with van der Waals surface area (Å²) in [6.45, 7) is 0.793. The van der Waals surface area contributed by atoms with Crippen LogP contribution in [-0.4, -0.2) is 91.0 Å². The van der Waals surface area contributed by atoms with Crippen LogP contribution < -0.4 is 5.32 Å². The summed E-state index contributed by atoms with van der Waals surface area (Å²) in [6.07, 6.45) is 0. The van der Waals surface area contributed by atoms with Gasteiger partial charge >= 0.3 is 0 Å². The van der Waals surface area contributed by atoms with Crippen LogP contribution in [0.25, 0.3) is 10.2 Å². The molecular weight excluding hydrogens is 528 g/mol. The molecule has 36 heavy (non-hydrogen) atoms. The zero-order valence-electron chi connectivity index (χ0n) is 20.3. The Morgan fingerprint density at radius 3 is 2.06 bits per heavy atom. The highest BCUT2D eigenvalue weighted by atomic mass is 32.2. The first-order chi connectivity index (χ1) is 17.0. The minimum absolute atomic E-state index is 0.0425. The molecule has 0 saturated carbocycles. The largest absolute Gasteiger partial charge is 0.383 e. The maximum atomic E-state index is 13.0. The normalized spacial score (nSPS) is 12.5.